The van der Waals surface area contributed by atoms with Crippen molar-refractivity contribution in [2.24, 2.45) is 0 Å². The molecule has 1 aliphatic heterocycles. The molecule has 0 saturated heterocycles. The van der Waals surface area contributed by atoms with Crippen molar-refractivity contribution in [3.63, 3.8) is 0 Å². The van der Waals surface area contributed by atoms with E-state index in [0.717, 1.165) is 44.5 Å². The summed E-state index contributed by atoms with van der Waals surface area (Å²) in [4.78, 5) is 0. The Morgan fingerprint density at radius 3 is 1.55 bits per heavy atom. The fourth-order valence-corrected chi connectivity index (χ4v) is 4.67. The molecule has 4 aromatic rings. The molecule has 1 aliphatic rings. The van der Waals surface area contributed by atoms with Crippen LogP contribution in [0.1, 0.15) is 34.3 Å². The van der Waals surface area contributed by atoms with Crippen molar-refractivity contribution in [3.8, 4) is 23.0 Å². The number of benzene rings is 4. The number of rotatable bonds is 4. The van der Waals surface area contributed by atoms with Crippen molar-refractivity contribution in [3.05, 3.63) is 95.1 Å². The zero-order valence-corrected chi connectivity index (χ0v) is 17.3. The summed E-state index contributed by atoms with van der Waals surface area (Å²) in [6, 6.07) is 22.0. The third-order valence-corrected chi connectivity index (χ3v) is 6.03. The van der Waals surface area contributed by atoms with Gasteiger partial charge in [-0.3, -0.25) is 5.32 Å². The van der Waals surface area contributed by atoms with Gasteiger partial charge in [-0.2, -0.15) is 0 Å². The van der Waals surface area contributed by atoms with Crippen LogP contribution in [0.4, 0.5) is 0 Å². The van der Waals surface area contributed by atoms with Crippen molar-refractivity contribution >= 4 is 10.8 Å². The van der Waals surface area contributed by atoms with Crippen molar-refractivity contribution in [1.82, 2.24) is 5.32 Å². The number of aromatic hydroxyl groups is 2. The van der Waals surface area contributed by atoms with E-state index in [1.807, 2.05) is 60.7 Å². The van der Waals surface area contributed by atoms with Crippen molar-refractivity contribution in [2.45, 2.75) is 12.1 Å². The van der Waals surface area contributed by atoms with E-state index in [2.05, 4.69) is 5.32 Å². The first-order valence-electron chi connectivity index (χ1n) is 10.1. The standard InChI is InChI=1S/C26H23NO4/c1-30-20-9-5-3-7-16(20)25-23-18(28)13-11-15-12-14-19(29)24(22(15)23)26(27-25)17-8-4-6-10-21(17)31-2/h3-14,25-29H,1-2H3. The van der Waals surface area contributed by atoms with Crippen LogP contribution in [0.3, 0.4) is 0 Å². The fraction of sp³-hybridized carbons (Fsp3) is 0.154. The van der Waals surface area contributed by atoms with E-state index in [0.29, 0.717) is 0 Å². The molecule has 2 unspecified atom stereocenters. The molecule has 0 saturated carbocycles. The summed E-state index contributed by atoms with van der Waals surface area (Å²) in [6.45, 7) is 0. The van der Waals surface area contributed by atoms with Crippen molar-refractivity contribution in [1.29, 1.82) is 0 Å². The van der Waals surface area contributed by atoms with E-state index in [1.54, 1.807) is 26.4 Å². The summed E-state index contributed by atoms with van der Waals surface area (Å²) in [5, 5.41) is 27.3. The largest absolute Gasteiger partial charge is 0.508 e. The third-order valence-electron chi connectivity index (χ3n) is 6.03. The summed E-state index contributed by atoms with van der Waals surface area (Å²) in [6.07, 6.45) is 0. The molecule has 156 valence electrons. The number of ether oxygens (including phenoxy) is 2. The minimum atomic E-state index is -0.357. The number of nitrogens with one attached hydrogen (secondary N) is 1. The molecule has 0 radical (unpaired) electrons. The summed E-state index contributed by atoms with van der Waals surface area (Å²) >= 11 is 0. The average molecular weight is 413 g/mol. The molecule has 5 nitrogen and oxygen atoms in total. The Morgan fingerprint density at radius 2 is 1.10 bits per heavy atom. The first-order valence-corrected chi connectivity index (χ1v) is 10.1. The van der Waals surface area contributed by atoms with Crippen molar-refractivity contribution < 1.29 is 19.7 Å². The second-order valence-electron chi connectivity index (χ2n) is 7.61. The minimum absolute atomic E-state index is 0.168. The van der Waals surface area contributed by atoms with Gasteiger partial charge in [0.1, 0.15) is 23.0 Å². The van der Waals surface area contributed by atoms with Gasteiger partial charge in [0.25, 0.3) is 0 Å². The Morgan fingerprint density at radius 1 is 0.645 bits per heavy atom. The van der Waals surface area contributed by atoms with Crippen LogP contribution < -0.4 is 14.8 Å². The first kappa shape index (κ1) is 19.3. The molecule has 5 rings (SSSR count). The summed E-state index contributed by atoms with van der Waals surface area (Å²) < 4.78 is 11.3. The van der Waals surface area contributed by atoms with Gasteiger partial charge >= 0.3 is 0 Å². The Labute approximate surface area is 180 Å². The van der Waals surface area contributed by atoms with Crippen LogP contribution in [-0.2, 0) is 0 Å². The summed E-state index contributed by atoms with van der Waals surface area (Å²) in [5.74, 6) is 1.78. The number of hydrogen-bond donors (Lipinski definition) is 3. The van der Waals surface area contributed by atoms with Gasteiger partial charge in [-0.05, 0) is 35.0 Å². The second kappa shape index (κ2) is 7.52. The average Bonchev–Trinajstić information content (AvgIpc) is 2.82. The predicted octanol–water partition coefficient (Wildman–Crippen LogP) is 5.05. The lowest BCUT2D eigenvalue weighted by Crippen LogP contribution is -2.33. The lowest BCUT2D eigenvalue weighted by molar-refractivity contribution is 0.385. The van der Waals surface area contributed by atoms with Gasteiger partial charge in [0, 0.05) is 22.3 Å². The van der Waals surface area contributed by atoms with Gasteiger partial charge in [0.15, 0.2) is 0 Å². The molecule has 0 spiro atoms. The van der Waals surface area contributed by atoms with E-state index in [-0.39, 0.29) is 23.6 Å². The highest BCUT2D eigenvalue weighted by molar-refractivity contribution is 5.95. The molecule has 3 N–H and O–H groups in total. The maximum atomic E-state index is 10.9. The molecular formula is C26H23NO4. The second-order valence-corrected chi connectivity index (χ2v) is 7.61. The molecule has 1 heterocycles. The SMILES string of the molecule is COc1ccccc1C1NC(c2ccccc2OC)c2c(O)ccc3ccc(O)c1c23. The molecule has 0 fully saturated rings. The van der Waals surface area contributed by atoms with Gasteiger partial charge in [-0.1, -0.05) is 48.5 Å². The van der Waals surface area contributed by atoms with Crippen LogP contribution in [0.5, 0.6) is 23.0 Å². The van der Waals surface area contributed by atoms with E-state index < -0.39 is 0 Å². The van der Waals surface area contributed by atoms with E-state index in [4.69, 9.17) is 9.47 Å². The molecule has 31 heavy (non-hydrogen) atoms. The molecule has 5 heteroatoms. The maximum absolute atomic E-state index is 10.9. The highest BCUT2D eigenvalue weighted by Crippen LogP contribution is 2.50. The zero-order valence-electron chi connectivity index (χ0n) is 17.3. The van der Waals surface area contributed by atoms with Crippen LogP contribution in [0.2, 0.25) is 0 Å². The van der Waals surface area contributed by atoms with Crippen LogP contribution in [0.15, 0.2) is 72.8 Å². The minimum Gasteiger partial charge on any atom is -0.508 e. The zero-order chi connectivity index (χ0) is 21.5. The molecule has 0 bridgehead atoms. The number of para-hydroxylation sites is 2. The Hall–Kier alpha value is -3.70. The molecule has 2 atom stereocenters. The maximum Gasteiger partial charge on any atom is 0.123 e. The monoisotopic (exact) mass is 413 g/mol. The molecule has 0 aliphatic carbocycles. The lowest BCUT2D eigenvalue weighted by atomic mass is 9.81. The van der Waals surface area contributed by atoms with Crippen LogP contribution in [0, 0.1) is 0 Å². The van der Waals surface area contributed by atoms with E-state index in [9.17, 15) is 10.2 Å². The molecular weight excluding hydrogens is 390 g/mol. The third kappa shape index (κ3) is 2.97. The number of methoxy groups -OCH3 is 2. The predicted molar refractivity (Wildman–Crippen MR) is 120 cm³/mol. The molecule has 0 amide bonds. The van der Waals surface area contributed by atoms with Gasteiger partial charge < -0.3 is 19.7 Å². The summed E-state index contributed by atoms with van der Waals surface area (Å²) in [7, 11) is 3.28. The number of phenolic OH excluding ortho intramolecular Hbond substituents is 2. The quantitative estimate of drug-likeness (QED) is 0.437. The topological polar surface area (TPSA) is 71.0 Å². The van der Waals surface area contributed by atoms with Crippen LogP contribution >= 0.6 is 0 Å². The number of hydrogen-bond acceptors (Lipinski definition) is 5. The first-order chi connectivity index (χ1) is 15.1. The smallest absolute Gasteiger partial charge is 0.123 e. The van der Waals surface area contributed by atoms with Gasteiger partial charge in [-0.15, -0.1) is 0 Å². The van der Waals surface area contributed by atoms with Gasteiger partial charge in [0.2, 0.25) is 0 Å². The highest BCUT2D eigenvalue weighted by Gasteiger charge is 2.36. The van der Waals surface area contributed by atoms with E-state index in [1.165, 1.54) is 0 Å². The van der Waals surface area contributed by atoms with Crippen LogP contribution in [0.25, 0.3) is 10.8 Å². The molecule has 4 aromatic carbocycles. The molecule has 0 aromatic heterocycles. The Bertz CT molecular complexity index is 1190. The van der Waals surface area contributed by atoms with Gasteiger partial charge in [0.05, 0.1) is 26.3 Å². The summed E-state index contributed by atoms with van der Waals surface area (Å²) in [5.41, 5.74) is 3.25. The Kier molecular flexibility index (Phi) is 4.68. The lowest BCUT2D eigenvalue weighted by Gasteiger charge is -2.36. The Balaban J connectivity index is 1.86. The van der Waals surface area contributed by atoms with Gasteiger partial charge in [-0.25, -0.2) is 0 Å². The van der Waals surface area contributed by atoms with Crippen LogP contribution in [-0.4, -0.2) is 24.4 Å². The van der Waals surface area contributed by atoms with E-state index >= 15 is 0 Å². The number of phenols is 2. The fourth-order valence-electron chi connectivity index (χ4n) is 4.67. The normalized spacial score (nSPS) is 17.5. The van der Waals surface area contributed by atoms with Crippen molar-refractivity contribution in [2.75, 3.05) is 14.2 Å². The highest BCUT2D eigenvalue weighted by atomic mass is 16.5.